The van der Waals surface area contributed by atoms with Crippen molar-refractivity contribution in [2.24, 2.45) is 5.92 Å². The van der Waals surface area contributed by atoms with Crippen LogP contribution in [0.2, 0.25) is 0 Å². The van der Waals surface area contributed by atoms with E-state index in [4.69, 9.17) is 5.73 Å². The largest absolute Gasteiger partial charge is 0.382 e. The first kappa shape index (κ1) is 12.7. The second kappa shape index (κ2) is 4.88. The molecule has 2 heterocycles. The highest BCUT2D eigenvalue weighted by Gasteiger charge is 2.23. The molecule has 1 aliphatic carbocycles. The van der Waals surface area contributed by atoms with E-state index in [0.717, 1.165) is 24.4 Å². The smallest absolute Gasteiger partial charge is 0.184 e. The molecule has 0 atom stereocenters. The van der Waals surface area contributed by atoms with Gasteiger partial charge in [-0.3, -0.25) is 0 Å². The molecule has 18 heavy (non-hydrogen) atoms. The zero-order valence-corrected chi connectivity index (χ0v) is 9.87. The number of aromatic nitrogens is 5. The molecule has 0 unspecified atom stereocenters. The minimum absolute atomic E-state index is 0. The normalized spacial score (nSPS) is 23.8. The fraction of sp³-hybridized carbons (Fsp3) is 0.667. The third kappa shape index (κ3) is 2.02. The SMILES string of the molecule is C.CC1CCC(n2nnc3c(N)ncnc32)CC1. The van der Waals surface area contributed by atoms with E-state index in [1.165, 1.54) is 19.2 Å². The van der Waals surface area contributed by atoms with Crippen LogP contribution in [0.25, 0.3) is 11.2 Å². The number of nitrogens with two attached hydrogens (primary N) is 1. The third-order valence-electron chi connectivity index (χ3n) is 3.62. The Hall–Kier alpha value is -1.72. The maximum atomic E-state index is 5.75. The van der Waals surface area contributed by atoms with Crippen LogP contribution in [0, 0.1) is 5.92 Å². The minimum atomic E-state index is 0. The summed E-state index contributed by atoms with van der Waals surface area (Å²) in [5.74, 6) is 1.23. The monoisotopic (exact) mass is 248 g/mol. The molecule has 1 fully saturated rings. The number of nitrogens with zero attached hydrogens (tertiary/aromatic N) is 5. The summed E-state index contributed by atoms with van der Waals surface area (Å²) in [5.41, 5.74) is 7.13. The van der Waals surface area contributed by atoms with Gasteiger partial charge in [-0.1, -0.05) is 19.6 Å². The maximum absolute atomic E-state index is 5.75. The molecule has 2 aromatic rings. The fourth-order valence-corrected chi connectivity index (χ4v) is 2.51. The molecule has 0 aliphatic heterocycles. The summed E-state index contributed by atoms with van der Waals surface area (Å²) < 4.78 is 1.92. The predicted octanol–water partition coefficient (Wildman–Crippen LogP) is 2.19. The Labute approximate surface area is 107 Å². The van der Waals surface area contributed by atoms with E-state index < -0.39 is 0 Å². The highest BCUT2D eigenvalue weighted by molar-refractivity contribution is 5.80. The van der Waals surface area contributed by atoms with Gasteiger partial charge >= 0.3 is 0 Å². The molecule has 6 nitrogen and oxygen atoms in total. The second-order valence-electron chi connectivity index (χ2n) is 4.88. The summed E-state index contributed by atoms with van der Waals surface area (Å²) in [4.78, 5) is 8.17. The van der Waals surface area contributed by atoms with Crippen molar-refractivity contribution >= 4 is 17.0 Å². The molecule has 0 aromatic carbocycles. The van der Waals surface area contributed by atoms with Gasteiger partial charge in [-0.05, 0) is 31.6 Å². The molecular weight excluding hydrogens is 228 g/mol. The molecule has 2 aromatic heterocycles. The van der Waals surface area contributed by atoms with Gasteiger partial charge in [0.1, 0.15) is 6.33 Å². The summed E-state index contributed by atoms with van der Waals surface area (Å²) in [6.45, 7) is 2.30. The Balaban J connectivity index is 0.00000120. The topological polar surface area (TPSA) is 82.5 Å². The van der Waals surface area contributed by atoms with Crippen LogP contribution in [0.15, 0.2) is 6.33 Å². The van der Waals surface area contributed by atoms with E-state index in [1.54, 1.807) is 0 Å². The maximum Gasteiger partial charge on any atom is 0.184 e. The van der Waals surface area contributed by atoms with Crippen molar-refractivity contribution in [1.82, 2.24) is 25.0 Å². The quantitative estimate of drug-likeness (QED) is 0.836. The summed E-state index contributed by atoms with van der Waals surface area (Å²) >= 11 is 0. The Kier molecular flexibility index (Phi) is 3.45. The average Bonchev–Trinajstić information content (AvgIpc) is 2.75. The lowest BCUT2D eigenvalue weighted by molar-refractivity contribution is 0.275. The van der Waals surface area contributed by atoms with Crippen LogP contribution in [-0.2, 0) is 0 Å². The van der Waals surface area contributed by atoms with Gasteiger partial charge in [-0.15, -0.1) is 5.10 Å². The lowest BCUT2D eigenvalue weighted by Gasteiger charge is -2.25. The Morgan fingerprint density at radius 2 is 1.94 bits per heavy atom. The highest BCUT2D eigenvalue weighted by Crippen LogP contribution is 2.32. The first-order valence-corrected chi connectivity index (χ1v) is 6.07. The van der Waals surface area contributed by atoms with Gasteiger partial charge in [-0.25, -0.2) is 14.6 Å². The molecule has 0 radical (unpaired) electrons. The molecule has 98 valence electrons. The number of anilines is 1. The first-order chi connectivity index (χ1) is 8.25. The van der Waals surface area contributed by atoms with E-state index in [-0.39, 0.29) is 7.43 Å². The van der Waals surface area contributed by atoms with Gasteiger partial charge in [0.2, 0.25) is 0 Å². The van der Waals surface area contributed by atoms with E-state index in [0.29, 0.717) is 17.4 Å². The zero-order valence-electron chi connectivity index (χ0n) is 9.87. The number of nitrogen functional groups attached to an aromatic ring is 1. The molecule has 2 N–H and O–H groups in total. The van der Waals surface area contributed by atoms with Crippen LogP contribution in [0.4, 0.5) is 5.82 Å². The van der Waals surface area contributed by atoms with E-state index in [9.17, 15) is 0 Å². The van der Waals surface area contributed by atoms with Crippen LogP contribution >= 0.6 is 0 Å². The zero-order chi connectivity index (χ0) is 11.8. The van der Waals surface area contributed by atoms with Gasteiger partial charge < -0.3 is 5.73 Å². The standard InChI is InChI=1S/C11H16N6.CH4/c1-7-2-4-8(5-3-7)17-11-9(15-16-17)10(12)13-6-14-11;/h6-8H,2-5H2,1H3,(H2,12,13,14);1H4. The lowest BCUT2D eigenvalue weighted by atomic mass is 9.87. The summed E-state index contributed by atoms with van der Waals surface area (Å²) in [7, 11) is 0. The third-order valence-corrected chi connectivity index (χ3v) is 3.62. The van der Waals surface area contributed by atoms with Crippen LogP contribution in [0.1, 0.15) is 46.1 Å². The molecule has 6 heteroatoms. The van der Waals surface area contributed by atoms with Crippen molar-refractivity contribution in [3.8, 4) is 0 Å². The molecule has 0 saturated heterocycles. The Bertz CT molecular complexity index is 526. The number of hydrogen-bond acceptors (Lipinski definition) is 5. The van der Waals surface area contributed by atoms with E-state index in [2.05, 4.69) is 27.2 Å². The molecule has 0 amide bonds. The predicted molar refractivity (Wildman–Crippen MR) is 70.9 cm³/mol. The van der Waals surface area contributed by atoms with Crippen molar-refractivity contribution in [1.29, 1.82) is 0 Å². The fourth-order valence-electron chi connectivity index (χ4n) is 2.51. The highest BCUT2D eigenvalue weighted by atomic mass is 15.5. The average molecular weight is 248 g/mol. The number of rotatable bonds is 1. The molecule has 1 aliphatic rings. The van der Waals surface area contributed by atoms with Gasteiger partial charge in [0.25, 0.3) is 0 Å². The minimum Gasteiger partial charge on any atom is -0.382 e. The van der Waals surface area contributed by atoms with Crippen molar-refractivity contribution in [2.75, 3.05) is 5.73 Å². The van der Waals surface area contributed by atoms with Crippen LogP contribution in [0.5, 0.6) is 0 Å². The van der Waals surface area contributed by atoms with E-state index in [1.807, 2.05) is 4.68 Å². The summed E-state index contributed by atoms with van der Waals surface area (Å²) in [5, 5.41) is 8.26. The lowest BCUT2D eigenvalue weighted by Crippen LogP contribution is -2.18. The summed E-state index contributed by atoms with van der Waals surface area (Å²) in [6.07, 6.45) is 6.25. The van der Waals surface area contributed by atoms with Gasteiger partial charge in [-0.2, -0.15) is 0 Å². The number of hydrogen-bond donors (Lipinski definition) is 1. The van der Waals surface area contributed by atoms with Crippen LogP contribution in [-0.4, -0.2) is 25.0 Å². The van der Waals surface area contributed by atoms with Crippen molar-refractivity contribution < 1.29 is 0 Å². The molecule has 1 saturated carbocycles. The van der Waals surface area contributed by atoms with Crippen molar-refractivity contribution in [3.05, 3.63) is 6.33 Å². The van der Waals surface area contributed by atoms with Gasteiger partial charge in [0.05, 0.1) is 6.04 Å². The van der Waals surface area contributed by atoms with Gasteiger partial charge in [0, 0.05) is 0 Å². The number of fused-ring (bicyclic) bond motifs is 1. The molecular formula is C12H20N6. The van der Waals surface area contributed by atoms with Gasteiger partial charge in [0.15, 0.2) is 17.0 Å². The molecule has 0 bridgehead atoms. The molecule has 0 spiro atoms. The Morgan fingerprint density at radius 3 is 2.67 bits per heavy atom. The second-order valence-corrected chi connectivity index (χ2v) is 4.88. The summed E-state index contributed by atoms with van der Waals surface area (Å²) in [6, 6.07) is 0.408. The van der Waals surface area contributed by atoms with Crippen molar-refractivity contribution in [3.63, 3.8) is 0 Å². The molecule has 3 rings (SSSR count). The van der Waals surface area contributed by atoms with Crippen LogP contribution in [0.3, 0.4) is 0 Å². The van der Waals surface area contributed by atoms with E-state index >= 15 is 0 Å². The van der Waals surface area contributed by atoms with Crippen LogP contribution < -0.4 is 5.73 Å². The van der Waals surface area contributed by atoms with Crippen molar-refractivity contribution in [2.45, 2.75) is 46.1 Å². The first-order valence-electron chi connectivity index (χ1n) is 6.07. The Morgan fingerprint density at radius 1 is 1.22 bits per heavy atom.